The maximum absolute atomic E-state index is 8.61. The third-order valence-corrected chi connectivity index (χ3v) is 0.999. The van der Waals surface area contributed by atoms with Crippen molar-refractivity contribution in [1.82, 2.24) is 0 Å². The standard InChI is InChI=1S/C6H10O2/c1-4(2)3-5-6(7)8-5/h3,5-7H,1-2H3. The van der Waals surface area contributed by atoms with E-state index in [1.54, 1.807) is 0 Å². The van der Waals surface area contributed by atoms with Gasteiger partial charge >= 0.3 is 0 Å². The molecule has 46 valence electrons. The fourth-order valence-electron chi connectivity index (χ4n) is 0.566. The Kier molecular flexibility index (Phi) is 1.36. The van der Waals surface area contributed by atoms with E-state index in [2.05, 4.69) is 0 Å². The Morgan fingerprint density at radius 1 is 1.62 bits per heavy atom. The summed E-state index contributed by atoms with van der Waals surface area (Å²) in [5.41, 5.74) is 1.19. The van der Waals surface area contributed by atoms with E-state index in [0.29, 0.717) is 0 Å². The van der Waals surface area contributed by atoms with Crippen LogP contribution in [0.2, 0.25) is 0 Å². The summed E-state index contributed by atoms with van der Waals surface area (Å²) in [7, 11) is 0. The van der Waals surface area contributed by atoms with Crippen LogP contribution in [0.4, 0.5) is 0 Å². The molecule has 2 heteroatoms. The van der Waals surface area contributed by atoms with Crippen molar-refractivity contribution in [1.29, 1.82) is 0 Å². The molecule has 2 atom stereocenters. The van der Waals surface area contributed by atoms with E-state index in [4.69, 9.17) is 9.84 Å². The minimum atomic E-state index is -0.523. The van der Waals surface area contributed by atoms with Crippen molar-refractivity contribution in [2.24, 2.45) is 0 Å². The van der Waals surface area contributed by atoms with Crippen LogP contribution < -0.4 is 0 Å². The smallest absolute Gasteiger partial charge is 0.185 e. The molecule has 0 radical (unpaired) electrons. The number of aliphatic hydroxyl groups excluding tert-OH is 1. The molecule has 0 amide bonds. The summed E-state index contributed by atoms with van der Waals surface area (Å²) in [6.07, 6.45) is 1.37. The SMILES string of the molecule is CC(C)=CC1OC1O. The van der Waals surface area contributed by atoms with Gasteiger partial charge in [-0.3, -0.25) is 0 Å². The molecule has 1 aliphatic rings. The molecule has 1 heterocycles. The predicted octanol–water partition coefficient (Wildman–Crippen LogP) is 0.670. The Balaban J connectivity index is 2.32. The topological polar surface area (TPSA) is 32.8 Å². The molecule has 1 rings (SSSR count). The van der Waals surface area contributed by atoms with Crippen LogP contribution in [0.15, 0.2) is 11.6 Å². The van der Waals surface area contributed by atoms with Gasteiger partial charge in [-0.1, -0.05) is 11.6 Å². The van der Waals surface area contributed by atoms with Crippen molar-refractivity contribution in [2.75, 3.05) is 0 Å². The first kappa shape index (κ1) is 5.79. The number of epoxide rings is 1. The molecule has 1 fully saturated rings. The molecular formula is C6H10O2. The van der Waals surface area contributed by atoms with E-state index in [1.807, 2.05) is 19.9 Å². The molecule has 2 unspecified atom stereocenters. The number of hydrogen-bond acceptors (Lipinski definition) is 2. The predicted molar refractivity (Wildman–Crippen MR) is 30.3 cm³/mol. The largest absolute Gasteiger partial charge is 0.366 e. The molecular weight excluding hydrogens is 104 g/mol. The fraction of sp³-hybridized carbons (Fsp3) is 0.667. The summed E-state index contributed by atoms with van der Waals surface area (Å²) in [5.74, 6) is 0. The van der Waals surface area contributed by atoms with Crippen molar-refractivity contribution in [3.63, 3.8) is 0 Å². The molecule has 1 N–H and O–H groups in total. The van der Waals surface area contributed by atoms with Crippen LogP contribution in [0.1, 0.15) is 13.8 Å². The summed E-state index contributed by atoms with van der Waals surface area (Å²) < 4.78 is 4.71. The molecule has 0 aromatic heterocycles. The molecule has 1 aliphatic heterocycles. The van der Waals surface area contributed by atoms with E-state index in [1.165, 1.54) is 5.57 Å². The summed E-state index contributed by atoms with van der Waals surface area (Å²) in [4.78, 5) is 0. The monoisotopic (exact) mass is 114 g/mol. The summed E-state index contributed by atoms with van der Waals surface area (Å²) in [6.45, 7) is 3.96. The van der Waals surface area contributed by atoms with Crippen molar-refractivity contribution < 1.29 is 9.84 Å². The number of allylic oxidation sites excluding steroid dienone is 1. The number of ether oxygens (including phenoxy) is 1. The highest BCUT2D eigenvalue weighted by atomic mass is 16.7. The second kappa shape index (κ2) is 1.88. The van der Waals surface area contributed by atoms with Crippen LogP contribution in [0.3, 0.4) is 0 Å². The Morgan fingerprint density at radius 2 is 2.12 bits per heavy atom. The molecule has 0 spiro atoms. The lowest BCUT2D eigenvalue weighted by molar-refractivity contribution is 0.156. The van der Waals surface area contributed by atoms with Crippen LogP contribution in [0.25, 0.3) is 0 Å². The lowest BCUT2D eigenvalue weighted by Gasteiger charge is -1.81. The van der Waals surface area contributed by atoms with E-state index in [-0.39, 0.29) is 6.10 Å². The summed E-state index contributed by atoms with van der Waals surface area (Å²) in [5, 5.41) is 8.61. The van der Waals surface area contributed by atoms with Gasteiger partial charge in [-0.2, -0.15) is 0 Å². The van der Waals surface area contributed by atoms with Gasteiger partial charge in [0.2, 0.25) is 0 Å². The third kappa shape index (κ3) is 1.32. The Bertz CT molecular complexity index is 114. The van der Waals surface area contributed by atoms with Crippen LogP contribution >= 0.6 is 0 Å². The average Bonchev–Trinajstić information content (AvgIpc) is 2.17. The third-order valence-electron chi connectivity index (χ3n) is 0.999. The molecule has 0 saturated carbocycles. The first-order chi connectivity index (χ1) is 3.70. The second-order valence-corrected chi connectivity index (χ2v) is 2.24. The summed E-state index contributed by atoms with van der Waals surface area (Å²) in [6, 6.07) is 0. The van der Waals surface area contributed by atoms with E-state index >= 15 is 0 Å². The second-order valence-electron chi connectivity index (χ2n) is 2.24. The van der Waals surface area contributed by atoms with Gasteiger partial charge < -0.3 is 9.84 Å². The highest BCUT2D eigenvalue weighted by molar-refractivity contribution is 5.04. The number of rotatable bonds is 1. The van der Waals surface area contributed by atoms with Gasteiger partial charge in [0.25, 0.3) is 0 Å². The maximum Gasteiger partial charge on any atom is 0.185 e. The quantitative estimate of drug-likeness (QED) is 0.401. The maximum atomic E-state index is 8.61. The van der Waals surface area contributed by atoms with Gasteiger partial charge in [-0.15, -0.1) is 0 Å². The molecule has 1 saturated heterocycles. The van der Waals surface area contributed by atoms with Gasteiger partial charge in [-0.25, -0.2) is 0 Å². The Labute approximate surface area is 48.8 Å². The van der Waals surface area contributed by atoms with E-state index in [9.17, 15) is 0 Å². The zero-order valence-corrected chi connectivity index (χ0v) is 5.09. The van der Waals surface area contributed by atoms with Crippen LogP contribution in [-0.2, 0) is 4.74 Å². The first-order valence-corrected chi connectivity index (χ1v) is 2.68. The highest BCUT2D eigenvalue weighted by Crippen LogP contribution is 2.20. The van der Waals surface area contributed by atoms with Gasteiger partial charge in [0, 0.05) is 0 Å². The molecule has 2 nitrogen and oxygen atoms in total. The lowest BCUT2D eigenvalue weighted by Crippen LogP contribution is -1.85. The molecule has 8 heavy (non-hydrogen) atoms. The van der Waals surface area contributed by atoms with Crippen LogP contribution in [0, 0.1) is 0 Å². The fourth-order valence-corrected chi connectivity index (χ4v) is 0.566. The van der Waals surface area contributed by atoms with Gasteiger partial charge in [0.15, 0.2) is 6.29 Å². The van der Waals surface area contributed by atoms with Crippen molar-refractivity contribution in [3.8, 4) is 0 Å². The normalized spacial score (nSPS) is 34.4. The van der Waals surface area contributed by atoms with Gasteiger partial charge in [0.1, 0.15) is 6.10 Å². The Hall–Kier alpha value is -0.340. The average molecular weight is 114 g/mol. The molecule has 0 bridgehead atoms. The number of hydrogen-bond donors (Lipinski definition) is 1. The van der Waals surface area contributed by atoms with Gasteiger partial charge in [-0.05, 0) is 13.8 Å². The zero-order chi connectivity index (χ0) is 6.15. The highest BCUT2D eigenvalue weighted by Gasteiger charge is 2.34. The molecule has 0 aromatic rings. The Morgan fingerprint density at radius 3 is 2.25 bits per heavy atom. The minimum Gasteiger partial charge on any atom is -0.366 e. The molecule has 0 aromatic carbocycles. The van der Waals surface area contributed by atoms with Crippen molar-refractivity contribution in [2.45, 2.75) is 26.2 Å². The zero-order valence-electron chi connectivity index (χ0n) is 5.09. The van der Waals surface area contributed by atoms with Gasteiger partial charge in [0.05, 0.1) is 0 Å². The van der Waals surface area contributed by atoms with Crippen LogP contribution in [0.5, 0.6) is 0 Å². The molecule has 0 aliphatic carbocycles. The van der Waals surface area contributed by atoms with Crippen LogP contribution in [-0.4, -0.2) is 17.5 Å². The van der Waals surface area contributed by atoms with Crippen molar-refractivity contribution >= 4 is 0 Å². The minimum absolute atomic E-state index is 0.0139. The van der Waals surface area contributed by atoms with Crippen molar-refractivity contribution in [3.05, 3.63) is 11.6 Å². The lowest BCUT2D eigenvalue weighted by atomic mass is 10.3. The van der Waals surface area contributed by atoms with E-state index < -0.39 is 6.29 Å². The summed E-state index contributed by atoms with van der Waals surface area (Å²) >= 11 is 0. The first-order valence-electron chi connectivity index (χ1n) is 2.68. The van der Waals surface area contributed by atoms with E-state index in [0.717, 1.165) is 0 Å². The number of aliphatic hydroxyl groups is 1.